The van der Waals surface area contributed by atoms with Gasteiger partial charge in [-0.15, -0.1) is 0 Å². The van der Waals surface area contributed by atoms with Crippen LogP contribution in [0.4, 0.5) is 0 Å². The fraction of sp³-hybridized carbons (Fsp3) is 0.250. The van der Waals surface area contributed by atoms with Crippen molar-refractivity contribution < 1.29 is 18.6 Å². The highest BCUT2D eigenvalue weighted by Crippen LogP contribution is 2.39. The zero-order valence-corrected chi connectivity index (χ0v) is 12.2. The third-order valence-corrected chi connectivity index (χ3v) is 5.68. The van der Waals surface area contributed by atoms with E-state index in [1.807, 2.05) is 6.07 Å². The number of aromatic hydroxyl groups is 1. The molecule has 2 aromatic rings. The summed E-state index contributed by atoms with van der Waals surface area (Å²) in [5.74, 6) is 0.0621. The smallest absolute Gasteiger partial charge is 0.178 e. The van der Waals surface area contributed by atoms with Crippen LogP contribution in [-0.4, -0.2) is 24.4 Å². The quantitative estimate of drug-likeness (QED) is 0.890. The van der Waals surface area contributed by atoms with Crippen LogP contribution in [0.5, 0.6) is 5.75 Å². The van der Waals surface area contributed by atoms with Crippen LogP contribution in [0.2, 0.25) is 0 Å². The van der Waals surface area contributed by atoms with E-state index in [1.54, 1.807) is 36.4 Å². The van der Waals surface area contributed by atoms with Crippen molar-refractivity contribution in [1.82, 2.24) is 0 Å². The lowest BCUT2D eigenvalue weighted by Gasteiger charge is -2.34. The molecule has 0 aliphatic carbocycles. The summed E-state index contributed by atoms with van der Waals surface area (Å²) in [6.45, 7) is 0. The van der Waals surface area contributed by atoms with Crippen LogP contribution in [0.25, 0.3) is 0 Å². The van der Waals surface area contributed by atoms with Crippen molar-refractivity contribution in [2.75, 3.05) is 5.75 Å². The fourth-order valence-corrected chi connectivity index (χ4v) is 4.56. The molecule has 2 aromatic carbocycles. The Labute approximate surface area is 123 Å². The number of fused-ring (bicyclic) bond motifs is 1. The average Bonchev–Trinajstić information content (AvgIpc) is 2.44. The number of benzene rings is 2. The molecule has 5 heteroatoms. The Kier molecular flexibility index (Phi) is 3.26. The molecule has 21 heavy (non-hydrogen) atoms. The molecule has 110 valence electrons. The van der Waals surface area contributed by atoms with E-state index in [4.69, 9.17) is 0 Å². The number of aliphatic hydroxyl groups is 1. The predicted molar refractivity (Wildman–Crippen MR) is 78.8 cm³/mol. The SMILES string of the molecule is O=S1(=O)CCC(O)(Cc2cccc(O)c2)c2ccccc21. The van der Waals surface area contributed by atoms with Gasteiger partial charge in [-0.2, -0.15) is 0 Å². The monoisotopic (exact) mass is 304 g/mol. The Morgan fingerprint density at radius 3 is 2.62 bits per heavy atom. The second-order valence-corrected chi connectivity index (χ2v) is 7.52. The van der Waals surface area contributed by atoms with Gasteiger partial charge in [0.15, 0.2) is 9.84 Å². The summed E-state index contributed by atoms with van der Waals surface area (Å²) in [7, 11) is -3.32. The maximum Gasteiger partial charge on any atom is 0.178 e. The number of phenols is 1. The number of phenolic OH excluding ortho intramolecular Hbond substituents is 1. The minimum absolute atomic E-state index is 0.0701. The second kappa shape index (κ2) is 4.86. The molecule has 0 amide bonds. The molecular formula is C16H16O4S. The van der Waals surface area contributed by atoms with Crippen LogP contribution >= 0.6 is 0 Å². The van der Waals surface area contributed by atoms with Crippen molar-refractivity contribution in [2.24, 2.45) is 0 Å². The summed E-state index contributed by atoms with van der Waals surface area (Å²) >= 11 is 0. The van der Waals surface area contributed by atoms with Gasteiger partial charge in [-0.25, -0.2) is 8.42 Å². The molecule has 0 saturated heterocycles. The standard InChI is InChI=1S/C16H16O4S/c17-13-5-3-4-12(10-13)11-16(18)8-9-21(19,20)15-7-2-1-6-14(15)16/h1-7,10,17-18H,8-9,11H2. The number of hydrogen-bond acceptors (Lipinski definition) is 4. The van der Waals surface area contributed by atoms with E-state index in [0.29, 0.717) is 5.56 Å². The Balaban J connectivity index is 2.06. The van der Waals surface area contributed by atoms with Crippen molar-refractivity contribution in [2.45, 2.75) is 23.3 Å². The molecule has 1 atom stereocenters. The number of hydrogen-bond donors (Lipinski definition) is 2. The molecule has 4 nitrogen and oxygen atoms in total. The Hall–Kier alpha value is -1.85. The van der Waals surface area contributed by atoms with Crippen molar-refractivity contribution in [1.29, 1.82) is 0 Å². The van der Waals surface area contributed by atoms with Gasteiger partial charge in [-0.3, -0.25) is 0 Å². The first-order chi connectivity index (χ1) is 9.91. The summed E-state index contributed by atoms with van der Waals surface area (Å²) < 4.78 is 24.2. The summed E-state index contributed by atoms with van der Waals surface area (Å²) in [6.07, 6.45) is 0.427. The lowest BCUT2D eigenvalue weighted by molar-refractivity contribution is 0.0283. The van der Waals surface area contributed by atoms with Gasteiger partial charge in [0.2, 0.25) is 0 Å². The maximum absolute atomic E-state index is 12.1. The van der Waals surface area contributed by atoms with Crippen LogP contribution in [0, 0.1) is 0 Å². The van der Waals surface area contributed by atoms with E-state index in [2.05, 4.69) is 0 Å². The van der Waals surface area contributed by atoms with Crippen molar-refractivity contribution >= 4 is 9.84 Å². The molecule has 0 bridgehead atoms. The molecule has 1 aliphatic rings. The van der Waals surface area contributed by atoms with Gasteiger partial charge in [-0.05, 0) is 30.2 Å². The van der Waals surface area contributed by atoms with Gasteiger partial charge in [0.05, 0.1) is 16.2 Å². The van der Waals surface area contributed by atoms with Crippen molar-refractivity contribution in [3.63, 3.8) is 0 Å². The maximum atomic E-state index is 12.1. The van der Waals surface area contributed by atoms with Crippen molar-refractivity contribution in [3.8, 4) is 5.75 Å². The predicted octanol–water partition coefficient (Wildman–Crippen LogP) is 2.00. The summed E-state index contributed by atoms with van der Waals surface area (Å²) in [6, 6.07) is 13.3. The third-order valence-electron chi connectivity index (χ3n) is 3.91. The number of rotatable bonds is 2. The molecule has 0 saturated carbocycles. The molecule has 1 heterocycles. The topological polar surface area (TPSA) is 74.6 Å². The molecule has 0 fully saturated rings. The minimum atomic E-state index is -3.32. The van der Waals surface area contributed by atoms with E-state index in [9.17, 15) is 18.6 Å². The molecule has 0 radical (unpaired) electrons. The first-order valence-electron chi connectivity index (χ1n) is 6.73. The highest BCUT2D eigenvalue weighted by Gasteiger charge is 2.40. The van der Waals surface area contributed by atoms with Gasteiger partial charge in [0.1, 0.15) is 5.75 Å². The minimum Gasteiger partial charge on any atom is -0.508 e. The third kappa shape index (κ3) is 2.54. The summed E-state index contributed by atoms with van der Waals surface area (Å²) in [4.78, 5) is 0.207. The fourth-order valence-electron chi connectivity index (χ4n) is 2.86. The van der Waals surface area contributed by atoms with Gasteiger partial charge in [0, 0.05) is 12.0 Å². The largest absolute Gasteiger partial charge is 0.508 e. The van der Waals surface area contributed by atoms with E-state index in [1.165, 1.54) is 6.07 Å². The van der Waals surface area contributed by atoms with E-state index < -0.39 is 15.4 Å². The second-order valence-electron chi connectivity index (χ2n) is 5.44. The molecule has 0 spiro atoms. The van der Waals surface area contributed by atoms with E-state index in [-0.39, 0.29) is 29.2 Å². The summed E-state index contributed by atoms with van der Waals surface area (Å²) in [5.41, 5.74) is -0.0124. The lowest BCUT2D eigenvalue weighted by Crippen LogP contribution is -2.37. The van der Waals surface area contributed by atoms with Gasteiger partial charge in [-0.1, -0.05) is 30.3 Å². The van der Waals surface area contributed by atoms with Crippen LogP contribution < -0.4 is 0 Å². The Morgan fingerprint density at radius 2 is 1.86 bits per heavy atom. The Bertz CT molecular complexity index is 782. The van der Waals surface area contributed by atoms with Crippen LogP contribution in [0.3, 0.4) is 0 Å². The zero-order valence-electron chi connectivity index (χ0n) is 11.4. The first-order valence-corrected chi connectivity index (χ1v) is 8.38. The van der Waals surface area contributed by atoms with E-state index in [0.717, 1.165) is 5.56 Å². The average molecular weight is 304 g/mol. The van der Waals surface area contributed by atoms with Crippen molar-refractivity contribution in [3.05, 3.63) is 59.7 Å². The number of sulfone groups is 1. The van der Waals surface area contributed by atoms with Crippen LogP contribution in [0.15, 0.2) is 53.4 Å². The highest BCUT2D eigenvalue weighted by molar-refractivity contribution is 7.91. The highest BCUT2D eigenvalue weighted by atomic mass is 32.2. The molecule has 3 rings (SSSR count). The molecule has 2 N–H and O–H groups in total. The van der Waals surface area contributed by atoms with Crippen LogP contribution in [0.1, 0.15) is 17.5 Å². The Morgan fingerprint density at radius 1 is 1.10 bits per heavy atom. The van der Waals surface area contributed by atoms with Gasteiger partial charge < -0.3 is 10.2 Å². The summed E-state index contributed by atoms with van der Waals surface area (Å²) in [5, 5.41) is 20.5. The van der Waals surface area contributed by atoms with Gasteiger partial charge >= 0.3 is 0 Å². The lowest BCUT2D eigenvalue weighted by atomic mass is 9.84. The van der Waals surface area contributed by atoms with E-state index >= 15 is 0 Å². The first kappa shape index (κ1) is 14.1. The molecule has 1 aliphatic heterocycles. The van der Waals surface area contributed by atoms with Crippen LogP contribution in [-0.2, 0) is 21.9 Å². The molecule has 1 unspecified atom stereocenters. The normalized spacial score (nSPS) is 23.5. The zero-order chi connectivity index (χ0) is 15.1. The molecular weight excluding hydrogens is 288 g/mol. The molecule has 0 aromatic heterocycles. The van der Waals surface area contributed by atoms with Gasteiger partial charge in [0.25, 0.3) is 0 Å².